The summed E-state index contributed by atoms with van der Waals surface area (Å²) in [6, 6.07) is 23.1. The molecule has 0 aliphatic rings. The summed E-state index contributed by atoms with van der Waals surface area (Å²) in [5.41, 5.74) is 0.883. The molecule has 4 nitrogen and oxygen atoms in total. The first-order valence-corrected chi connectivity index (χ1v) is 23.3. The van der Waals surface area contributed by atoms with E-state index in [-0.39, 0.29) is 0 Å². The molecule has 4 rings (SSSR count). The number of nitrogens with zero attached hydrogens (tertiary/aromatic N) is 2. The van der Waals surface area contributed by atoms with E-state index >= 15 is 0 Å². The van der Waals surface area contributed by atoms with E-state index in [0.29, 0.717) is 10.7 Å². The molecule has 38 heavy (non-hydrogen) atoms. The number of unbranched alkanes of at least 4 members (excludes halogenated alkanes) is 4. The minimum atomic E-state index is -3.80. The first-order chi connectivity index (χ1) is 18.5. The number of hydrogen-bond acceptors (Lipinski definition) is 3. The monoisotopic (exact) mass is 638 g/mol. The molecular formula is C32H42N2O2SSn. The van der Waals surface area contributed by atoms with Gasteiger partial charge in [-0.2, -0.15) is 0 Å². The van der Waals surface area contributed by atoms with Crippen LogP contribution in [0.5, 0.6) is 0 Å². The van der Waals surface area contributed by atoms with Crippen LogP contribution in [0, 0.1) is 0 Å². The fourth-order valence-corrected chi connectivity index (χ4v) is 22.2. The van der Waals surface area contributed by atoms with Crippen LogP contribution >= 0.6 is 0 Å². The van der Waals surface area contributed by atoms with Crippen LogP contribution in [-0.2, 0) is 10.0 Å². The molecule has 0 spiro atoms. The van der Waals surface area contributed by atoms with E-state index in [0.717, 1.165) is 32.9 Å². The third-order valence-electron chi connectivity index (χ3n) is 7.83. The molecule has 0 saturated carbocycles. The molecule has 1 heterocycles. The topological polar surface area (TPSA) is 52.0 Å². The Morgan fingerprint density at radius 1 is 0.711 bits per heavy atom. The average molecular weight is 637 g/mol. The Bertz CT molecular complexity index is 1420. The summed E-state index contributed by atoms with van der Waals surface area (Å²) in [5, 5.41) is 2.12. The Morgan fingerprint density at radius 2 is 1.32 bits per heavy atom. The Hall–Kier alpha value is -2.12. The summed E-state index contributed by atoms with van der Waals surface area (Å²) in [6.07, 6.45) is 10.3. The van der Waals surface area contributed by atoms with Crippen LogP contribution in [0.3, 0.4) is 0 Å². The van der Waals surface area contributed by atoms with Crippen molar-refractivity contribution < 1.29 is 8.42 Å². The van der Waals surface area contributed by atoms with Crippen molar-refractivity contribution in [2.24, 2.45) is 0 Å². The number of benzene rings is 3. The van der Waals surface area contributed by atoms with Gasteiger partial charge in [0.25, 0.3) is 0 Å². The van der Waals surface area contributed by atoms with Gasteiger partial charge in [0.15, 0.2) is 0 Å². The van der Waals surface area contributed by atoms with Gasteiger partial charge >= 0.3 is 235 Å². The number of fused-ring (bicyclic) bond motifs is 1. The molecule has 0 radical (unpaired) electrons. The Balaban J connectivity index is 1.98. The van der Waals surface area contributed by atoms with E-state index < -0.39 is 28.4 Å². The summed E-state index contributed by atoms with van der Waals surface area (Å²) in [7, 11) is -3.80. The quantitative estimate of drug-likeness (QED) is 0.103. The first kappa shape index (κ1) is 28.9. The second-order valence-corrected chi connectivity index (χ2v) is 25.4. The van der Waals surface area contributed by atoms with E-state index in [4.69, 9.17) is 4.98 Å². The van der Waals surface area contributed by atoms with Gasteiger partial charge in [-0.05, 0) is 0 Å². The molecular weight excluding hydrogens is 595 g/mol. The summed E-state index contributed by atoms with van der Waals surface area (Å²) in [5.74, 6) is 0.560. The molecule has 0 aliphatic carbocycles. The van der Waals surface area contributed by atoms with E-state index in [1.807, 2.05) is 36.5 Å². The third kappa shape index (κ3) is 6.20. The fraction of sp³-hybridized carbons (Fsp3) is 0.406. The molecule has 0 saturated heterocycles. The molecule has 0 fully saturated rings. The molecule has 3 aromatic carbocycles. The van der Waals surface area contributed by atoms with Gasteiger partial charge < -0.3 is 0 Å². The second kappa shape index (κ2) is 13.3. The van der Waals surface area contributed by atoms with E-state index in [2.05, 4.69) is 39.0 Å². The van der Waals surface area contributed by atoms with Gasteiger partial charge in [-0.3, -0.25) is 0 Å². The fourth-order valence-electron chi connectivity index (χ4n) is 5.61. The summed E-state index contributed by atoms with van der Waals surface area (Å²) in [4.78, 5) is 5.66. The van der Waals surface area contributed by atoms with Gasteiger partial charge in [0.1, 0.15) is 0 Å². The molecule has 202 valence electrons. The van der Waals surface area contributed by atoms with Crippen molar-refractivity contribution in [3.63, 3.8) is 0 Å². The van der Waals surface area contributed by atoms with Gasteiger partial charge in [-0.25, -0.2) is 0 Å². The normalized spacial score (nSPS) is 12.3. The number of imidazole rings is 1. The average Bonchev–Trinajstić information content (AvgIpc) is 3.41. The van der Waals surface area contributed by atoms with Crippen molar-refractivity contribution in [2.75, 3.05) is 0 Å². The number of aromatic nitrogens is 2. The van der Waals surface area contributed by atoms with Crippen LogP contribution in [0.25, 0.3) is 22.2 Å². The van der Waals surface area contributed by atoms with Gasteiger partial charge in [0, 0.05) is 0 Å². The van der Waals surface area contributed by atoms with Gasteiger partial charge in [0.2, 0.25) is 0 Å². The van der Waals surface area contributed by atoms with E-state index in [9.17, 15) is 8.42 Å². The van der Waals surface area contributed by atoms with Crippen LogP contribution in [0.4, 0.5) is 0 Å². The third-order valence-corrected chi connectivity index (χ3v) is 24.5. The summed E-state index contributed by atoms with van der Waals surface area (Å²) < 4.78 is 34.7. The molecule has 1 aromatic heterocycles. The Labute approximate surface area is 233 Å². The van der Waals surface area contributed by atoms with Crippen molar-refractivity contribution in [3.8, 4) is 11.4 Å². The zero-order valence-corrected chi connectivity index (χ0v) is 26.9. The van der Waals surface area contributed by atoms with E-state index in [1.54, 1.807) is 24.3 Å². The molecule has 0 amide bonds. The predicted molar refractivity (Wildman–Crippen MR) is 163 cm³/mol. The maximum atomic E-state index is 14.1. The molecule has 0 bridgehead atoms. The minimum absolute atomic E-state index is 0.305. The molecule has 0 N–H and O–H groups in total. The van der Waals surface area contributed by atoms with Crippen LogP contribution in [0.15, 0.2) is 83.9 Å². The van der Waals surface area contributed by atoms with Crippen molar-refractivity contribution in [3.05, 3.63) is 79.0 Å². The van der Waals surface area contributed by atoms with Crippen LogP contribution in [0.2, 0.25) is 13.3 Å². The van der Waals surface area contributed by atoms with Crippen molar-refractivity contribution in [2.45, 2.75) is 83.9 Å². The zero-order valence-electron chi connectivity index (χ0n) is 23.2. The zero-order chi connectivity index (χ0) is 27.0. The number of hydrogen-bond donors (Lipinski definition) is 0. The molecule has 0 unspecified atom stereocenters. The van der Waals surface area contributed by atoms with E-state index in [1.165, 1.54) is 49.4 Å². The second-order valence-electron chi connectivity index (χ2n) is 10.5. The van der Waals surface area contributed by atoms with Crippen LogP contribution in [0.1, 0.15) is 65.7 Å². The van der Waals surface area contributed by atoms with Gasteiger partial charge in [-0.1, -0.05) is 0 Å². The molecule has 6 heteroatoms. The van der Waals surface area contributed by atoms with Crippen LogP contribution < -0.4 is 3.71 Å². The first-order valence-electron chi connectivity index (χ1n) is 14.4. The maximum absolute atomic E-state index is 14.1. The standard InChI is InChI=1S/C19H13N2O2S.C5H11.2C4H9.Sn/c22-24(23,16-9-2-1-3-10-16)21-14-13-20-19(21)18-12-6-8-15-7-4-5-11-17(15)18;1-3-5-4-2;2*1-3-4-2;/h1-12,14H;1,3-5H2,2H3;2*1,3-4H2,2H3;. The summed E-state index contributed by atoms with van der Waals surface area (Å²) >= 11 is -3.02. The Kier molecular flexibility index (Phi) is 10.1. The van der Waals surface area contributed by atoms with Gasteiger partial charge in [0.05, 0.1) is 0 Å². The summed E-state index contributed by atoms with van der Waals surface area (Å²) in [6.45, 7) is 6.79. The van der Waals surface area contributed by atoms with Crippen molar-refractivity contribution >= 4 is 42.9 Å². The van der Waals surface area contributed by atoms with Crippen molar-refractivity contribution in [1.82, 2.24) is 8.96 Å². The molecule has 0 aliphatic heterocycles. The molecule has 4 aromatic rings. The molecule has 0 atom stereocenters. The van der Waals surface area contributed by atoms with Gasteiger partial charge in [-0.15, -0.1) is 0 Å². The van der Waals surface area contributed by atoms with Crippen molar-refractivity contribution in [1.29, 1.82) is 0 Å². The predicted octanol–water partition coefficient (Wildman–Crippen LogP) is 8.39. The SMILES string of the molecule is CCCC[CH2][Sn]([CH2]CCC)([CH2]CCC)[c]1cn(S(=O)(=O)c2ccccc2)c(-c2cccc3ccccc23)n1. The number of rotatable bonds is 14. The van der Waals surface area contributed by atoms with Crippen LogP contribution in [-0.4, -0.2) is 35.8 Å². The Morgan fingerprint density at radius 3 is 2.00 bits per heavy atom.